The van der Waals surface area contributed by atoms with Crippen LogP contribution in [0.15, 0.2) is 48.5 Å². The lowest BCUT2D eigenvalue weighted by Gasteiger charge is -2.12. The summed E-state index contributed by atoms with van der Waals surface area (Å²) < 4.78 is 5.22. The minimum atomic E-state index is -0.440. The van der Waals surface area contributed by atoms with Crippen molar-refractivity contribution in [1.29, 1.82) is 0 Å². The van der Waals surface area contributed by atoms with Gasteiger partial charge in [0, 0.05) is 6.04 Å². The molecule has 0 spiro atoms. The van der Waals surface area contributed by atoms with Gasteiger partial charge in [-0.05, 0) is 30.5 Å². The summed E-state index contributed by atoms with van der Waals surface area (Å²) in [6.45, 7) is 7.03. The van der Waals surface area contributed by atoms with Crippen molar-refractivity contribution in [1.82, 2.24) is 5.32 Å². The smallest absolute Gasteiger partial charge is 0.410 e. The van der Waals surface area contributed by atoms with Crippen LogP contribution in [-0.4, -0.2) is 12.1 Å². The van der Waals surface area contributed by atoms with Gasteiger partial charge in [-0.3, -0.25) is 0 Å². The summed E-state index contributed by atoms with van der Waals surface area (Å²) in [4.78, 5) is 15.3. The summed E-state index contributed by atoms with van der Waals surface area (Å²) in [5, 5.41) is 2.87. The molecule has 0 aromatic heterocycles. The number of fused-ring (bicyclic) bond motifs is 1. The maximum absolute atomic E-state index is 11.9. The van der Waals surface area contributed by atoms with E-state index in [4.69, 9.17) is 11.3 Å². The van der Waals surface area contributed by atoms with Gasteiger partial charge >= 0.3 is 6.09 Å². The first kappa shape index (κ1) is 13.2. The third kappa shape index (κ3) is 3.03. The van der Waals surface area contributed by atoms with Gasteiger partial charge in [-0.1, -0.05) is 42.0 Å². The molecule has 0 radical (unpaired) electrons. The lowest BCUT2D eigenvalue weighted by atomic mass is 10.1. The second kappa shape index (κ2) is 5.68. The van der Waals surface area contributed by atoms with Crippen LogP contribution in [0.4, 0.5) is 10.5 Å². The van der Waals surface area contributed by atoms with Gasteiger partial charge in [-0.15, -0.1) is 0 Å². The Morgan fingerprint density at radius 3 is 2.67 bits per heavy atom. The first-order valence-corrected chi connectivity index (χ1v) is 6.77. The normalized spacial score (nSPS) is 15.9. The van der Waals surface area contributed by atoms with E-state index >= 15 is 0 Å². The zero-order valence-electron chi connectivity index (χ0n) is 11.4. The molecule has 0 fully saturated rings. The molecule has 2 aromatic rings. The number of benzene rings is 2. The van der Waals surface area contributed by atoms with Crippen LogP contribution < -0.4 is 10.1 Å². The van der Waals surface area contributed by atoms with Gasteiger partial charge in [-0.25, -0.2) is 9.64 Å². The SMILES string of the molecule is [C-]#[N+]c1ccc2c(c1)CC(NC(=O)Oc1ccccc1)C2. The van der Waals surface area contributed by atoms with Crippen molar-refractivity contribution in [2.75, 3.05) is 0 Å². The summed E-state index contributed by atoms with van der Waals surface area (Å²) in [5.74, 6) is 0.529. The quantitative estimate of drug-likeness (QED) is 0.854. The van der Waals surface area contributed by atoms with Crippen LogP contribution in [0.3, 0.4) is 0 Å². The fourth-order valence-corrected chi connectivity index (χ4v) is 2.57. The van der Waals surface area contributed by atoms with Crippen LogP contribution in [0.1, 0.15) is 11.1 Å². The lowest BCUT2D eigenvalue weighted by Crippen LogP contribution is -2.37. The topological polar surface area (TPSA) is 42.7 Å². The number of nitrogens with zero attached hydrogens (tertiary/aromatic N) is 1. The van der Waals surface area contributed by atoms with Crippen molar-refractivity contribution < 1.29 is 9.53 Å². The largest absolute Gasteiger partial charge is 0.412 e. The zero-order valence-corrected chi connectivity index (χ0v) is 11.4. The van der Waals surface area contributed by atoms with Crippen LogP contribution in [0.5, 0.6) is 5.75 Å². The average molecular weight is 278 g/mol. The molecule has 1 unspecified atom stereocenters. The highest BCUT2D eigenvalue weighted by Crippen LogP contribution is 2.26. The highest BCUT2D eigenvalue weighted by molar-refractivity contribution is 5.71. The van der Waals surface area contributed by atoms with E-state index in [1.807, 2.05) is 36.4 Å². The Kier molecular flexibility index (Phi) is 3.57. The van der Waals surface area contributed by atoms with E-state index in [0.29, 0.717) is 11.4 Å². The highest BCUT2D eigenvalue weighted by Gasteiger charge is 2.23. The van der Waals surface area contributed by atoms with Gasteiger partial charge in [0.15, 0.2) is 5.69 Å². The predicted octanol–water partition coefficient (Wildman–Crippen LogP) is 3.49. The number of rotatable bonds is 2. The minimum Gasteiger partial charge on any atom is -0.410 e. The maximum atomic E-state index is 11.9. The van der Waals surface area contributed by atoms with E-state index in [-0.39, 0.29) is 6.04 Å². The van der Waals surface area contributed by atoms with E-state index in [9.17, 15) is 4.79 Å². The lowest BCUT2D eigenvalue weighted by molar-refractivity contribution is 0.196. The Morgan fingerprint density at radius 1 is 1.14 bits per heavy atom. The van der Waals surface area contributed by atoms with E-state index < -0.39 is 6.09 Å². The monoisotopic (exact) mass is 278 g/mol. The van der Waals surface area contributed by atoms with Crippen molar-refractivity contribution in [3.63, 3.8) is 0 Å². The third-order valence-electron chi connectivity index (χ3n) is 3.53. The molecule has 1 N–H and O–H groups in total. The van der Waals surface area contributed by atoms with E-state index in [1.165, 1.54) is 5.56 Å². The van der Waals surface area contributed by atoms with Gasteiger partial charge in [0.05, 0.1) is 6.57 Å². The number of hydrogen-bond acceptors (Lipinski definition) is 2. The van der Waals surface area contributed by atoms with Crippen molar-refractivity contribution in [2.24, 2.45) is 0 Å². The number of carbonyl (C=O) groups excluding carboxylic acids is 1. The van der Waals surface area contributed by atoms with Crippen molar-refractivity contribution in [2.45, 2.75) is 18.9 Å². The Bertz CT molecular complexity index is 704. The summed E-state index contributed by atoms with van der Waals surface area (Å²) in [6, 6.07) is 14.7. The van der Waals surface area contributed by atoms with Crippen LogP contribution in [0.25, 0.3) is 4.85 Å². The minimum absolute atomic E-state index is 0.0252. The van der Waals surface area contributed by atoms with E-state index in [1.54, 1.807) is 12.1 Å². The summed E-state index contributed by atoms with van der Waals surface area (Å²) in [5.41, 5.74) is 2.96. The molecule has 0 saturated carbocycles. The molecular formula is C17H14N2O2. The molecule has 1 aliphatic rings. The summed E-state index contributed by atoms with van der Waals surface area (Å²) in [7, 11) is 0. The summed E-state index contributed by atoms with van der Waals surface area (Å²) in [6.07, 6.45) is 1.07. The molecule has 0 bridgehead atoms. The fraction of sp³-hybridized carbons (Fsp3) is 0.176. The van der Waals surface area contributed by atoms with Crippen molar-refractivity contribution in [3.05, 3.63) is 71.1 Å². The fourth-order valence-electron chi connectivity index (χ4n) is 2.57. The van der Waals surface area contributed by atoms with Gasteiger partial charge in [0.1, 0.15) is 5.75 Å². The zero-order chi connectivity index (χ0) is 14.7. The van der Waals surface area contributed by atoms with Gasteiger partial charge in [-0.2, -0.15) is 0 Å². The molecule has 4 heteroatoms. The molecule has 0 saturated heterocycles. The van der Waals surface area contributed by atoms with Crippen molar-refractivity contribution >= 4 is 11.8 Å². The molecule has 3 rings (SSSR count). The number of amides is 1. The van der Waals surface area contributed by atoms with Crippen LogP contribution >= 0.6 is 0 Å². The van der Waals surface area contributed by atoms with E-state index in [2.05, 4.69) is 10.2 Å². The highest BCUT2D eigenvalue weighted by atomic mass is 16.6. The van der Waals surface area contributed by atoms with Crippen LogP contribution in [0, 0.1) is 6.57 Å². The first-order chi connectivity index (χ1) is 10.2. The third-order valence-corrected chi connectivity index (χ3v) is 3.53. The average Bonchev–Trinajstić information content (AvgIpc) is 2.89. The maximum Gasteiger partial charge on any atom is 0.412 e. The Hall–Kier alpha value is -2.80. The molecular weight excluding hydrogens is 264 g/mol. The van der Waals surface area contributed by atoms with Gasteiger partial charge in [0.2, 0.25) is 0 Å². The molecule has 104 valence electrons. The molecule has 1 amide bonds. The predicted molar refractivity (Wildman–Crippen MR) is 79.5 cm³/mol. The second-order valence-electron chi connectivity index (χ2n) is 5.02. The molecule has 1 atom stereocenters. The van der Waals surface area contributed by atoms with E-state index in [0.717, 1.165) is 18.4 Å². The standard InChI is InChI=1S/C17H14N2O2/c1-18-14-8-7-12-9-15(11-13(12)10-14)19-17(20)21-16-5-3-2-4-6-16/h2-8,10,15H,9,11H2,(H,19,20). The molecule has 4 nitrogen and oxygen atoms in total. The number of ether oxygens (including phenoxy) is 1. The second-order valence-corrected chi connectivity index (χ2v) is 5.02. The molecule has 0 heterocycles. The number of carbonyl (C=O) groups is 1. The Labute approximate surface area is 123 Å². The van der Waals surface area contributed by atoms with Gasteiger partial charge in [0.25, 0.3) is 0 Å². The molecule has 21 heavy (non-hydrogen) atoms. The van der Waals surface area contributed by atoms with Gasteiger partial charge < -0.3 is 10.1 Å². The van der Waals surface area contributed by atoms with Crippen molar-refractivity contribution in [3.8, 4) is 5.75 Å². The first-order valence-electron chi connectivity index (χ1n) is 6.77. The Morgan fingerprint density at radius 2 is 1.90 bits per heavy atom. The van der Waals surface area contributed by atoms with Crippen LogP contribution in [0.2, 0.25) is 0 Å². The molecule has 1 aliphatic carbocycles. The molecule has 0 aliphatic heterocycles. The Balaban J connectivity index is 1.61. The summed E-state index contributed by atoms with van der Waals surface area (Å²) >= 11 is 0. The number of nitrogens with one attached hydrogen (secondary N) is 1. The van der Waals surface area contributed by atoms with Crippen LogP contribution in [-0.2, 0) is 12.8 Å². The molecule has 2 aromatic carbocycles. The number of para-hydroxylation sites is 1. The number of hydrogen-bond donors (Lipinski definition) is 1.